The predicted molar refractivity (Wildman–Crippen MR) is 68.3 cm³/mol. The summed E-state index contributed by atoms with van der Waals surface area (Å²) in [6.07, 6.45) is 2.50. The van der Waals surface area contributed by atoms with Gasteiger partial charge in [-0.1, -0.05) is 58.9 Å². The average Bonchev–Trinajstić information content (AvgIpc) is 2.13. The highest BCUT2D eigenvalue weighted by Crippen LogP contribution is 2.26. The summed E-state index contributed by atoms with van der Waals surface area (Å²) >= 11 is 0. The first-order valence-corrected chi connectivity index (χ1v) is 5.99. The monoisotopic (exact) mass is 204 g/mol. The normalized spacial score (nSPS) is 12.1. The number of hydrogen-bond donors (Lipinski definition) is 0. The highest BCUT2D eigenvalue weighted by Gasteiger charge is 2.16. The van der Waals surface area contributed by atoms with Crippen molar-refractivity contribution in [2.45, 2.75) is 52.9 Å². The Morgan fingerprint density at radius 1 is 1.07 bits per heavy atom. The molecule has 0 aliphatic heterocycles. The summed E-state index contributed by atoms with van der Waals surface area (Å²) in [4.78, 5) is 0. The lowest BCUT2D eigenvalue weighted by Gasteiger charge is -2.23. The first-order chi connectivity index (χ1) is 6.91. The molecule has 1 aromatic carbocycles. The molecule has 0 unspecified atom stereocenters. The van der Waals surface area contributed by atoms with E-state index in [0.717, 1.165) is 5.92 Å². The van der Waals surface area contributed by atoms with Crippen LogP contribution >= 0.6 is 0 Å². The van der Waals surface area contributed by atoms with E-state index in [1.165, 1.54) is 24.0 Å². The van der Waals surface area contributed by atoms with Gasteiger partial charge in [0.05, 0.1) is 0 Å². The minimum Gasteiger partial charge on any atom is -0.0628 e. The van der Waals surface area contributed by atoms with Crippen molar-refractivity contribution in [2.24, 2.45) is 5.92 Å². The molecular weight excluding hydrogens is 180 g/mol. The van der Waals surface area contributed by atoms with Crippen LogP contribution in [0.4, 0.5) is 0 Å². The molecule has 0 bridgehead atoms. The Balaban J connectivity index is 2.87. The van der Waals surface area contributed by atoms with Crippen molar-refractivity contribution >= 4 is 0 Å². The molecule has 0 heteroatoms. The first-order valence-electron chi connectivity index (χ1n) is 5.99. The summed E-state index contributed by atoms with van der Waals surface area (Å²) in [5.41, 5.74) is 3.30. The zero-order valence-corrected chi connectivity index (χ0v) is 10.8. The second kappa shape index (κ2) is 4.83. The summed E-state index contributed by atoms with van der Waals surface area (Å²) in [7, 11) is 0. The lowest BCUT2D eigenvalue weighted by molar-refractivity contribution is 0.557. The number of hydrogen-bond acceptors (Lipinski definition) is 0. The fourth-order valence-corrected chi connectivity index (χ4v) is 1.91. The molecule has 0 fully saturated rings. The van der Waals surface area contributed by atoms with Crippen LogP contribution in [0.25, 0.3) is 0 Å². The molecule has 84 valence electrons. The number of benzene rings is 1. The minimum absolute atomic E-state index is 0.271. The SMILES string of the molecule is CC(C)CCc1ccccc1C(C)(C)C. The standard InChI is InChI=1S/C15H24/c1-12(2)10-11-13-8-6-7-9-14(13)15(3,4)5/h6-9,12H,10-11H2,1-5H3. The number of rotatable bonds is 3. The second-order valence-corrected chi connectivity index (χ2v) is 5.84. The quantitative estimate of drug-likeness (QED) is 0.676. The molecule has 0 atom stereocenters. The molecule has 0 spiro atoms. The van der Waals surface area contributed by atoms with Gasteiger partial charge in [-0.2, -0.15) is 0 Å². The van der Waals surface area contributed by atoms with Gasteiger partial charge < -0.3 is 0 Å². The van der Waals surface area contributed by atoms with E-state index >= 15 is 0 Å². The van der Waals surface area contributed by atoms with Crippen molar-refractivity contribution in [1.29, 1.82) is 0 Å². The fourth-order valence-electron chi connectivity index (χ4n) is 1.91. The van der Waals surface area contributed by atoms with Gasteiger partial charge in [-0.3, -0.25) is 0 Å². The molecule has 0 amide bonds. The summed E-state index contributed by atoms with van der Waals surface area (Å²) in [6.45, 7) is 11.5. The molecule has 1 aromatic rings. The molecule has 0 aliphatic rings. The van der Waals surface area contributed by atoms with Gasteiger partial charge >= 0.3 is 0 Å². The van der Waals surface area contributed by atoms with Gasteiger partial charge in [0.25, 0.3) is 0 Å². The van der Waals surface area contributed by atoms with Crippen LogP contribution in [0, 0.1) is 5.92 Å². The first kappa shape index (κ1) is 12.3. The maximum absolute atomic E-state index is 2.29. The van der Waals surface area contributed by atoms with E-state index < -0.39 is 0 Å². The number of aryl methyl sites for hydroxylation is 1. The molecular formula is C15H24. The van der Waals surface area contributed by atoms with E-state index in [1.807, 2.05) is 0 Å². The van der Waals surface area contributed by atoms with Crippen molar-refractivity contribution in [1.82, 2.24) is 0 Å². The largest absolute Gasteiger partial charge is 0.0628 e. The Morgan fingerprint density at radius 2 is 1.67 bits per heavy atom. The van der Waals surface area contributed by atoms with Gasteiger partial charge in [-0.15, -0.1) is 0 Å². The molecule has 0 nitrogen and oxygen atoms in total. The third kappa shape index (κ3) is 3.70. The van der Waals surface area contributed by atoms with Gasteiger partial charge in [-0.05, 0) is 35.3 Å². The van der Waals surface area contributed by atoms with E-state index in [1.54, 1.807) is 0 Å². The lowest BCUT2D eigenvalue weighted by atomic mass is 9.82. The van der Waals surface area contributed by atoms with Gasteiger partial charge in [0, 0.05) is 0 Å². The Morgan fingerprint density at radius 3 is 2.20 bits per heavy atom. The third-order valence-corrected chi connectivity index (χ3v) is 2.82. The van der Waals surface area contributed by atoms with Crippen LogP contribution in [-0.4, -0.2) is 0 Å². The van der Waals surface area contributed by atoms with Crippen LogP contribution in [0.3, 0.4) is 0 Å². The minimum atomic E-state index is 0.271. The van der Waals surface area contributed by atoms with Gasteiger partial charge in [-0.25, -0.2) is 0 Å². The van der Waals surface area contributed by atoms with Gasteiger partial charge in [0.1, 0.15) is 0 Å². The smallest absolute Gasteiger partial charge is 0.0129 e. The lowest BCUT2D eigenvalue weighted by Crippen LogP contribution is -2.14. The third-order valence-electron chi connectivity index (χ3n) is 2.82. The molecule has 1 rings (SSSR count). The molecule has 0 N–H and O–H groups in total. The topological polar surface area (TPSA) is 0 Å². The predicted octanol–water partition coefficient (Wildman–Crippen LogP) is 4.57. The zero-order chi connectivity index (χ0) is 11.5. The molecule has 0 radical (unpaired) electrons. The van der Waals surface area contributed by atoms with Crippen molar-refractivity contribution in [3.8, 4) is 0 Å². The highest BCUT2D eigenvalue weighted by atomic mass is 14.2. The van der Waals surface area contributed by atoms with Gasteiger partial charge in [0.15, 0.2) is 0 Å². The van der Waals surface area contributed by atoms with Crippen molar-refractivity contribution in [3.05, 3.63) is 35.4 Å². The summed E-state index contributed by atoms with van der Waals surface area (Å²) in [5.74, 6) is 0.790. The maximum Gasteiger partial charge on any atom is -0.0129 e. The molecule has 0 aromatic heterocycles. The highest BCUT2D eigenvalue weighted by molar-refractivity contribution is 5.32. The summed E-state index contributed by atoms with van der Waals surface area (Å²) in [5, 5.41) is 0. The van der Waals surface area contributed by atoms with Crippen molar-refractivity contribution in [3.63, 3.8) is 0 Å². The fraction of sp³-hybridized carbons (Fsp3) is 0.600. The van der Waals surface area contributed by atoms with E-state index in [4.69, 9.17) is 0 Å². The van der Waals surface area contributed by atoms with Crippen LogP contribution in [0.1, 0.15) is 52.2 Å². The average molecular weight is 204 g/mol. The van der Waals surface area contributed by atoms with Crippen LogP contribution in [-0.2, 0) is 11.8 Å². The van der Waals surface area contributed by atoms with Crippen molar-refractivity contribution < 1.29 is 0 Å². The maximum atomic E-state index is 2.29. The van der Waals surface area contributed by atoms with Crippen LogP contribution < -0.4 is 0 Å². The summed E-state index contributed by atoms with van der Waals surface area (Å²) < 4.78 is 0. The van der Waals surface area contributed by atoms with Crippen LogP contribution in [0.15, 0.2) is 24.3 Å². The van der Waals surface area contributed by atoms with Crippen LogP contribution in [0.5, 0.6) is 0 Å². The molecule has 0 heterocycles. The Labute approximate surface area is 94.7 Å². The molecule has 0 saturated heterocycles. The van der Waals surface area contributed by atoms with Crippen molar-refractivity contribution in [2.75, 3.05) is 0 Å². The Kier molecular flexibility index (Phi) is 3.96. The van der Waals surface area contributed by atoms with Gasteiger partial charge in [0.2, 0.25) is 0 Å². The zero-order valence-electron chi connectivity index (χ0n) is 10.8. The molecule has 0 aliphatic carbocycles. The second-order valence-electron chi connectivity index (χ2n) is 5.84. The molecule has 15 heavy (non-hydrogen) atoms. The Bertz CT molecular complexity index is 302. The summed E-state index contributed by atoms with van der Waals surface area (Å²) in [6, 6.07) is 8.86. The van der Waals surface area contributed by atoms with E-state index in [0.29, 0.717) is 0 Å². The molecule has 0 saturated carbocycles. The van der Waals surface area contributed by atoms with E-state index in [-0.39, 0.29) is 5.41 Å². The van der Waals surface area contributed by atoms with Crippen LogP contribution in [0.2, 0.25) is 0 Å². The van der Waals surface area contributed by atoms with E-state index in [9.17, 15) is 0 Å². The Hall–Kier alpha value is -0.780. The van der Waals surface area contributed by atoms with E-state index in [2.05, 4.69) is 58.9 Å².